The fourth-order valence-corrected chi connectivity index (χ4v) is 5.97. The molecule has 0 radical (unpaired) electrons. The summed E-state index contributed by atoms with van der Waals surface area (Å²) in [6.45, 7) is 4.30. The third-order valence-electron chi connectivity index (χ3n) is 8.14. The van der Waals surface area contributed by atoms with Crippen molar-refractivity contribution < 1.29 is 35.9 Å². The minimum atomic E-state index is -4.46. The number of carbonyl (C=O) groups is 1. The van der Waals surface area contributed by atoms with Gasteiger partial charge in [0.15, 0.2) is 0 Å². The minimum Gasteiger partial charge on any atom is -0.381 e. The van der Waals surface area contributed by atoms with Gasteiger partial charge in [-0.25, -0.2) is 0 Å². The SMILES string of the molecule is CC(C)[C@]1(C(=O)N2CCc3ccc(C(F)(F)F)cc3C2)CC[C@@H](NC2CCOCC2C(F)(F)F)C1. The van der Waals surface area contributed by atoms with Crippen LogP contribution >= 0.6 is 0 Å². The highest BCUT2D eigenvalue weighted by atomic mass is 19.4. The van der Waals surface area contributed by atoms with E-state index < -0.39 is 35.3 Å². The second-order valence-electron chi connectivity index (χ2n) is 10.5. The number of fused-ring (bicyclic) bond motifs is 1. The predicted octanol–water partition coefficient (Wildman–Crippen LogP) is 5.34. The molecule has 1 aliphatic carbocycles. The summed E-state index contributed by atoms with van der Waals surface area (Å²) < 4.78 is 85.1. The van der Waals surface area contributed by atoms with Crippen LogP contribution in [0.4, 0.5) is 26.3 Å². The molecule has 196 valence electrons. The topological polar surface area (TPSA) is 41.6 Å². The molecular formula is C25H32F6N2O2. The molecule has 2 aliphatic heterocycles. The van der Waals surface area contributed by atoms with Crippen LogP contribution in [0, 0.1) is 17.3 Å². The van der Waals surface area contributed by atoms with Crippen LogP contribution in [-0.2, 0) is 28.7 Å². The van der Waals surface area contributed by atoms with Crippen molar-refractivity contribution in [1.29, 1.82) is 0 Å². The second-order valence-corrected chi connectivity index (χ2v) is 10.5. The maximum absolute atomic E-state index is 13.8. The molecule has 1 saturated carbocycles. The smallest absolute Gasteiger partial charge is 0.381 e. The van der Waals surface area contributed by atoms with Crippen molar-refractivity contribution >= 4 is 5.91 Å². The van der Waals surface area contributed by atoms with Crippen LogP contribution in [0.5, 0.6) is 0 Å². The van der Waals surface area contributed by atoms with Crippen molar-refractivity contribution in [2.75, 3.05) is 19.8 Å². The average Bonchev–Trinajstić information content (AvgIpc) is 3.22. The first-order chi connectivity index (χ1) is 16.3. The van der Waals surface area contributed by atoms with Crippen molar-refractivity contribution in [3.8, 4) is 0 Å². The number of nitrogens with zero attached hydrogens (tertiary/aromatic N) is 1. The lowest BCUT2D eigenvalue weighted by molar-refractivity contribution is -0.208. The molecule has 2 fully saturated rings. The molecule has 1 N–H and O–H groups in total. The molecule has 4 nitrogen and oxygen atoms in total. The number of rotatable bonds is 4. The van der Waals surface area contributed by atoms with Crippen LogP contribution in [0.2, 0.25) is 0 Å². The number of amides is 1. The maximum Gasteiger partial charge on any atom is 0.416 e. The number of carbonyl (C=O) groups excluding carboxylic acids is 1. The van der Waals surface area contributed by atoms with Gasteiger partial charge >= 0.3 is 12.4 Å². The number of hydrogen-bond donors (Lipinski definition) is 1. The molecule has 1 aromatic carbocycles. The summed E-state index contributed by atoms with van der Waals surface area (Å²) >= 11 is 0. The van der Waals surface area contributed by atoms with Gasteiger partial charge in [0.2, 0.25) is 5.91 Å². The number of halogens is 6. The summed E-state index contributed by atoms with van der Waals surface area (Å²) in [4.78, 5) is 15.4. The standard InChI is InChI=1S/C25H32F6N2O2/c1-15(2)23(8-5-19(12-23)32-21-7-10-35-14-20(21)25(29,30)31)22(34)33-9-6-16-3-4-18(24(26,27)28)11-17(16)13-33/h3-4,11,15,19-21,32H,5-10,12-14H2,1-2H3/t19-,20?,21?,23+/m1/s1. The normalized spacial score (nSPS) is 30.0. The van der Waals surface area contributed by atoms with Crippen LogP contribution < -0.4 is 5.32 Å². The second kappa shape index (κ2) is 9.57. The Morgan fingerprint density at radius 3 is 2.54 bits per heavy atom. The van der Waals surface area contributed by atoms with Crippen molar-refractivity contribution in [1.82, 2.24) is 10.2 Å². The van der Waals surface area contributed by atoms with E-state index in [0.29, 0.717) is 37.8 Å². The van der Waals surface area contributed by atoms with Crippen molar-refractivity contribution in [2.45, 2.75) is 76.9 Å². The zero-order valence-electron chi connectivity index (χ0n) is 19.9. The first-order valence-corrected chi connectivity index (χ1v) is 12.2. The quantitative estimate of drug-likeness (QED) is 0.561. The third-order valence-corrected chi connectivity index (χ3v) is 8.14. The molecule has 2 unspecified atom stereocenters. The highest BCUT2D eigenvalue weighted by Crippen LogP contribution is 2.47. The lowest BCUT2D eigenvalue weighted by Gasteiger charge is -2.40. The van der Waals surface area contributed by atoms with E-state index in [1.54, 1.807) is 4.90 Å². The minimum absolute atomic E-state index is 0.0576. The zero-order chi connectivity index (χ0) is 25.6. The van der Waals surface area contributed by atoms with E-state index in [9.17, 15) is 31.1 Å². The van der Waals surface area contributed by atoms with Crippen molar-refractivity contribution in [3.63, 3.8) is 0 Å². The molecule has 4 rings (SSSR count). The third kappa shape index (κ3) is 5.33. The molecule has 4 atom stereocenters. The van der Waals surface area contributed by atoms with E-state index in [1.165, 1.54) is 6.07 Å². The Morgan fingerprint density at radius 1 is 1.14 bits per heavy atom. The van der Waals surface area contributed by atoms with Gasteiger partial charge in [-0.3, -0.25) is 4.79 Å². The average molecular weight is 507 g/mol. The Labute approximate surface area is 201 Å². The molecule has 0 bridgehead atoms. The fraction of sp³-hybridized carbons (Fsp3) is 0.720. The summed E-state index contributed by atoms with van der Waals surface area (Å²) in [7, 11) is 0. The van der Waals surface area contributed by atoms with Crippen molar-refractivity contribution in [2.24, 2.45) is 17.3 Å². The Balaban J connectivity index is 1.48. The number of alkyl halides is 6. The largest absolute Gasteiger partial charge is 0.416 e. The Morgan fingerprint density at radius 2 is 1.89 bits per heavy atom. The molecule has 3 aliphatic rings. The van der Waals surface area contributed by atoms with E-state index in [0.717, 1.165) is 17.7 Å². The number of nitrogens with one attached hydrogen (secondary N) is 1. The Hall–Kier alpha value is -1.81. The van der Waals surface area contributed by atoms with Gasteiger partial charge in [-0.2, -0.15) is 26.3 Å². The van der Waals surface area contributed by atoms with Crippen LogP contribution in [0.1, 0.15) is 56.2 Å². The first kappa shape index (κ1) is 26.3. The van der Waals surface area contributed by atoms with Gasteiger partial charge in [-0.15, -0.1) is 0 Å². The Bertz CT molecular complexity index is 932. The molecule has 1 amide bonds. The summed E-state index contributed by atoms with van der Waals surface area (Å²) in [5, 5.41) is 3.19. The number of hydrogen-bond acceptors (Lipinski definition) is 3. The van der Waals surface area contributed by atoms with Gasteiger partial charge in [0.1, 0.15) is 0 Å². The molecule has 1 aromatic rings. The molecule has 0 aromatic heterocycles. The highest BCUT2D eigenvalue weighted by Gasteiger charge is 2.52. The van der Waals surface area contributed by atoms with Crippen LogP contribution in [0.25, 0.3) is 0 Å². The fourth-order valence-electron chi connectivity index (χ4n) is 5.97. The lowest BCUT2D eigenvalue weighted by Crippen LogP contribution is -2.53. The van der Waals surface area contributed by atoms with Gasteiger partial charge in [-0.05, 0) is 61.3 Å². The van der Waals surface area contributed by atoms with Gasteiger partial charge in [0.05, 0.1) is 23.5 Å². The first-order valence-electron chi connectivity index (χ1n) is 12.2. The maximum atomic E-state index is 13.8. The van der Waals surface area contributed by atoms with Gasteiger partial charge in [0.25, 0.3) is 0 Å². The number of benzene rings is 1. The highest BCUT2D eigenvalue weighted by molar-refractivity contribution is 5.84. The Kier molecular flexibility index (Phi) is 7.18. The monoisotopic (exact) mass is 506 g/mol. The summed E-state index contributed by atoms with van der Waals surface area (Å²) in [6.07, 6.45) is -6.56. The summed E-state index contributed by atoms with van der Waals surface area (Å²) in [5.41, 5.74) is -0.175. The van der Waals surface area contributed by atoms with Crippen LogP contribution in [0.3, 0.4) is 0 Å². The van der Waals surface area contributed by atoms with E-state index in [1.807, 2.05) is 13.8 Å². The summed E-state index contributed by atoms with van der Waals surface area (Å²) in [5.74, 6) is -1.75. The predicted molar refractivity (Wildman–Crippen MR) is 117 cm³/mol. The van der Waals surface area contributed by atoms with Gasteiger partial charge in [0, 0.05) is 31.8 Å². The van der Waals surface area contributed by atoms with E-state index in [2.05, 4.69) is 5.32 Å². The van der Waals surface area contributed by atoms with E-state index in [4.69, 9.17) is 4.74 Å². The molecule has 35 heavy (non-hydrogen) atoms. The zero-order valence-corrected chi connectivity index (χ0v) is 19.9. The summed E-state index contributed by atoms with van der Waals surface area (Å²) in [6, 6.07) is 2.69. The van der Waals surface area contributed by atoms with Gasteiger partial charge < -0.3 is 15.0 Å². The number of ether oxygens (including phenoxy) is 1. The van der Waals surface area contributed by atoms with Crippen LogP contribution in [0.15, 0.2) is 18.2 Å². The lowest BCUT2D eigenvalue weighted by atomic mass is 9.73. The van der Waals surface area contributed by atoms with Gasteiger partial charge in [-0.1, -0.05) is 19.9 Å². The molecule has 0 spiro atoms. The molecule has 1 saturated heterocycles. The van der Waals surface area contributed by atoms with E-state index >= 15 is 0 Å². The molecule has 2 heterocycles. The van der Waals surface area contributed by atoms with E-state index in [-0.39, 0.29) is 44.0 Å². The van der Waals surface area contributed by atoms with Crippen LogP contribution in [-0.4, -0.2) is 48.8 Å². The molecular weight excluding hydrogens is 474 g/mol. The van der Waals surface area contributed by atoms with Crippen molar-refractivity contribution in [3.05, 3.63) is 34.9 Å². The molecule has 10 heteroatoms.